The third-order valence-corrected chi connectivity index (χ3v) is 4.38. The topological polar surface area (TPSA) is 71.5 Å². The summed E-state index contributed by atoms with van der Waals surface area (Å²) in [4.78, 5) is 15.3. The Morgan fingerprint density at radius 2 is 2.17 bits per heavy atom. The molecule has 5 nitrogen and oxygen atoms in total. The molecule has 0 aliphatic carbocycles. The second-order valence-electron chi connectivity index (χ2n) is 5.92. The van der Waals surface area contributed by atoms with Gasteiger partial charge >= 0.3 is 5.97 Å². The molecule has 2 N–H and O–H groups in total. The number of hydrogen-bond acceptors (Lipinski definition) is 4. The number of ether oxygens (including phenoxy) is 1. The van der Waals surface area contributed by atoms with Crippen molar-refractivity contribution in [3.05, 3.63) is 52.8 Å². The monoisotopic (exact) mass is 312 g/mol. The maximum absolute atomic E-state index is 11.3. The number of benzene rings is 1. The molecule has 1 aliphatic heterocycles. The standard InChI is InChI=1S/C18H20N2O3/c1-11-7-15-13(4-6-23-17(15)8-12(11)2)9-20-16-10-19-5-3-14(16)18(21)22/h3,5,7-8,10,13,20H,4,6,9H2,1-2H3,(H,21,22). The van der Waals surface area contributed by atoms with Crippen molar-refractivity contribution < 1.29 is 14.6 Å². The van der Waals surface area contributed by atoms with Crippen LogP contribution < -0.4 is 10.1 Å². The smallest absolute Gasteiger partial charge is 0.337 e. The lowest BCUT2D eigenvalue weighted by Gasteiger charge is -2.27. The van der Waals surface area contributed by atoms with Crippen LogP contribution in [0.4, 0.5) is 5.69 Å². The number of fused-ring (bicyclic) bond motifs is 1. The molecule has 2 heterocycles. The Morgan fingerprint density at radius 3 is 2.96 bits per heavy atom. The molecule has 23 heavy (non-hydrogen) atoms. The molecule has 0 radical (unpaired) electrons. The van der Waals surface area contributed by atoms with Crippen molar-refractivity contribution in [3.63, 3.8) is 0 Å². The van der Waals surface area contributed by atoms with E-state index in [-0.39, 0.29) is 5.56 Å². The quantitative estimate of drug-likeness (QED) is 0.905. The van der Waals surface area contributed by atoms with Crippen LogP contribution in [0.15, 0.2) is 30.6 Å². The second-order valence-corrected chi connectivity index (χ2v) is 5.92. The van der Waals surface area contributed by atoms with Crippen molar-refractivity contribution in [2.24, 2.45) is 0 Å². The summed E-state index contributed by atoms with van der Waals surface area (Å²) in [6.45, 7) is 5.51. The Hall–Kier alpha value is -2.56. The molecule has 0 saturated heterocycles. The minimum atomic E-state index is -0.950. The van der Waals surface area contributed by atoms with Crippen LogP contribution in [0.5, 0.6) is 5.75 Å². The Morgan fingerprint density at radius 1 is 1.39 bits per heavy atom. The largest absolute Gasteiger partial charge is 0.493 e. The van der Waals surface area contributed by atoms with Crippen molar-refractivity contribution in [2.75, 3.05) is 18.5 Å². The number of carboxylic acids is 1. The van der Waals surface area contributed by atoms with Gasteiger partial charge in [-0.15, -0.1) is 0 Å². The highest BCUT2D eigenvalue weighted by atomic mass is 16.5. The summed E-state index contributed by atoms with van der Waals surface area (Å²) in [5, 5.41) is 12.5. The number of aryl methyl sites for hydroxylation is 2. The number of nitrogens with zero attached hydrogens (tertiary/aromatic N) is 1. The summed E-state index contributed by atoms with van der Waals surface area (Å²) in [5.74, 6) is 0.282. The van der Waals surface area contributed by atoms with Gasteiger partial charge in [0, 0.05) is 18.7 Å². The fraction of sp³-hybridized carbons (Fsp3) is 0.333. The zero-order valence-corrected chi connectivity index (χ0v) is 13.3. The van der Waals surface area contributed by atoms with Crippen molar-refractivity contribution in [1.29, 1.82) is 0 Å². The second kappa shape index (κ2) is 6.28. The Bertz CT molecular complexity index is 743. The normalized spacial score (nSPS) is 16.3. The number of carbonyl (C=O) groups is 1. The van der Waals surface area contributed by atoms with Crippen molar-refractivity contribution in [3.8, 4) is 5.75 Å². The maximum atomic E-state index is 11.3. The molecular formula is C18H20N2O3. The van der Waals surface area contributed by atoms with Crippen LogP contribution in [-0.2, 0) is 0 Å². The fourth-order valence-corrected chi connectivity index (χ4v) is 2.89. The molecule has 1 aliphatic rings. The van der Waals surface area contributed by atoms with E-state index in [0.29, 0.717) is 24.8 Å². The predicted octanol–water partition coefficient (Wildman–Crippen LogP) is 3.37. The number of aromatic carboxylic acids is 1. The van der Waals surface area contributed by atoms with E-state index in [1.807, 2.05) is 0 Å². The first-order chi connectivity index (χ1) is 11.1. The van der Waals surface area contributed by atoms with Gasteiger partial charge in [0.2, 0.25) is 0 Å². The maximum Gasteiger partial charge on any atom is 0.337 e. The van der Waals surface area contributed by atoms with Crippen LogP contribution >= 0.6 is 0 Å². The minimum Gasteiger partial charge on any atom is -0.493 e. The van der Waals surface area contributed by atoms with Crippen LogP contribution in [0.3, 0.4) is 0 Å². The van der Waals surface area contributed by atoms with Gasteiger partial charge in [-0.1, -0.05) is 6.07 Å². The number of rotatable bonds is 4. The SMILES string of the molecule is Cc1cc2c(cc1C)C(CNc1cnccc1C(=O)O)CCO2. The van der Waals surface area contributed by atoms with Crippen LogP contribution in [0.25, 0.3) is 0 Å². The van der Waals surface area contributed by atoms with Gasteiger partial charge in [-0.2, -0.15) is 0 Å². The molecule has 2 aromatic rings. The van der Waals surface area contributed by atoms with E-state index in [1.54, 1.807) is 6.20 Å². The van der Waals surface area contributed by atoms with Gasteiger partial charge in [-0.25, -0.2) is 4.79 Å². The molecule has 0 saturated carbocycles. The van der Waals surface area contributed by atoms with Crippen LogP contribution in [0, 0.1) is 13.8 Å². The van der Waals surface area contributed by atoms with Gasteiger partial charge in [-0.3, -0.25) is 4.98 Å². The van der Waals surface area contributed by atoms with E-state index >= 15 is 0 Å². The molecule has 0 amide bonds. The predicted molar refractivity (Wildman–Crippen MR) is 88.5 cm³/mol. The van der Waals surface area contributed by atoms with E-state index in [2.05, 4.69) is 36.3 Å². The number of carboxylic acid groups (broad SMARTS) is 1. The summed E-state index contributed by atoms with van der Waals surface area (Å²) < 4.78 is 5.77. The summed E-state index contributed by atoms with van der Waals surface area (Å²) in [6, 6.07) is 5.78. The number of anilines is 1. The highest BCUT2D eigenvalue weighted by molar-refractivity contribution is 5.93. The molecule has 120 valence electrons. The number of hydrogen-bond donors (Lipinski definition) is 2. The Kier molecular flexibility index (Phi) is 4.19. The van der Waals surface area contributed by atoms with E-state index in [9.17, 15) is 9.90 Å². The molecule has 1 unspecified atom stereocenters. The first-order valence-electron chi connectivity index (χ1n) is 7.71. The van der Waals surface area contributed by atoms with Gasteiger partial charge in [0.05, 0.1) is 24.1 Å². The minimum absolute atomic E-state index is 0.243. The van der Waals surface area contributed by atoms with Gasteiger partial charge in [-0.05, 0) is 49.1 Å². The Labute approximate surface area is 135 Å². The molecule has 1 aromatic heterocycles. The molecule has 1 atom stereocenters. The molecular weight excluding hydrogens is 292 g/mol. The van der Waals surface area contributed by atoms with Crippen LogP contribution in [-0.4, -0.2) is 29.2 Å². The highest BCUT2D eigenvalue weighted by Crippen LogP contribution is 2.35. The molecule has 5 heteroatoms. The summed E-state index contributed by atoms with van der Waals surface area (Å²) in [7, 11) is 0. The van der Waals surface area contributed by atoms with Crippen LogP contribution in [0.2, 0.25) is 0 Å². The fourth-order valence-electron chi connectivity index (χ4n) is 2.89. The number of pyridine rings is 1. The molecule has 0 spiro atoms. The zero-order valence-electron chi connectivity index (χ0n) is 13.3. The van der Waals surface area contributed by atoms with Gasteiger partial charge in [0.1, 0.15) is 5.75 Å². The third-order valence-electron chi connectivity index (χ3n) is 4.38. The molecule has 1 aromatic carbocycles. The van der Waals surface area contributed by atoms with Crippen molar-refractivity contribution in [1.82, 2.24) is 4.98 Å². The highest BCUT2D eigenvalue weighted by Gasteiger charge is 2.22. The lowest BCUT2D eigenvalue weighted by Crippen LogP contribution is -2.22. The lowest BCUT2D eigenvalue weighted by atomic mass is 9.90. The van der Waals surface area contributed by atoms with Crippen LogP contribution in [0.1, 0.15) is 39.4 Å². The van der Waals surface area contributed by atoms with E-state index in [1.165, 1.54) is 29.0 Å². The third kappa shape index (κ3) is 3.13. The first kappa shape index (κ1) is 15.3. The average molecular weight is 312 g/mol. The molecule has 0 bridgehead atoms. The van der Waals surface area contributed by atoms with Gasteiger partial charge in [0.25, 0.3) is 0 Å². The molecule has 0 fully saturated rings. The first-order valence-corrected chi connectivity index (χ1v) is 7.71. The molecule has 3 rings (SSSR count). The van der Waals surface area contributed by atoms with E-state index < -0.39 is 5.97 Å². The zero-order chi connectivity index (χ0) is 16.4. The summed E-state index contributed by atoms with van der Waals surface area (Å²) >= 11 is 0. The van der Waals surface area contributed by atoms with Crippen molar-refractivity contribution >= 4 is 11.7 Å². The number of nitrogens with one attached hydrogen (secondary N) is 1. The lowest BCUT2D eigenvalue weighted by molar-refractivity contribution is 0.0697. The summed E-state index contributed by atoms with van der Waals surface area (Å²) in [6.07, 6.45) is 3.96. The van der Waals surface area contributed by atoms with Gasteiger partial charge < -0.3 is 15.2 Å². The van der Waals surface area contributed by atoms with Crippen molar-refractivity contribution in [2.45, 2.75) is 26.2 Å². The average Bonchev–Trinajstić information content (AvgIpc) is 2.54. The van der Waals surface area contributed by atoms with E-state index in [0.717, 1.165) is 12.2 Å². The van der Waals surface area contributed by atoms with E-state index in [4.69, 9.17) is 4.74 Å². The van der Waals surface area contributed by atoms with Gasteiger partial charge in [0.15, 0.2) is 0 Å². The summed E-state index contributed by atoms with van der Waals surface area (Å²) in [5.41, 5.74) is 4.45. The number of aromatic nitrogens is 1. The Balaban J connectivity index is 1.81.